The zero-order valence-corrected chi connectivity index (χ0v) is 15.7. The highest BCUT2D eigenvalue weighted by Crippen LogP contribution is 2.25. The largest absolute Gasteiger partial charge is 0.484 e. The van der Waals surface area contributed by atoms with E-state index in [0.717, 1.165) is 11.4 Å². The van der Waals surface area contributed by atoms with E-state index < -0.39 is 0 Å². The number of carbonyl (C=O) groups excluding carboxylic acids is 1. The monoisotopic (exact) mass is 361 g/mol. The molecule has 0 atom stereocenters. The van der Waals surface area contributed by atoms with E-state index in [1.165, 1.54) is 16.7 Å². The number of aromatic nitrogens is 1. The SMILES string of the molecule is Cc1cc(C)c(Nc2ccc(NC(=O)COc3ccccc3)nc2)c(C)c1. The number of hydrogen-bond donors (Lipinski definition) is 2. The van der Waals surface area contributed by atoms with Crippen molar-refractivity contribution in [2.75, 3.05) is 17.2 Å². The maximum Gasteiger partial charge on any atom is 0.263 e. The first-order valence-electron chi connectivity index (χ1n) is 8.80. The van der Waals surface area contributed by atoms with Gasteiger partial charge in [0.05, 0.1) is 11.9 Å². The summed E-state index contributed by atoms with van der Waals surface area (Å²) in [4.78, 5) is 16.3. The fourth-order valence-electron chi connectivity index (χ4n) is 2.91. The third kappa shape index (κ3) is 5.07. The van der Waals surface area contributed by atoms with Crippen LogP contribution in [0, 0.1) is 20.8 Å². The maximum atomic E-state index is 12.0. The van der Waals surface area contributed by atoms with E-state index in [9.17, 15) is 4.79 Å². The number of pyridine rings is 1. The van der Waals surface area contributed by atoms with Crippen LogP contribution in [-0.4, -0.2) is 17.5 Å². The van der Waals surface area contributed by atoms with Crippen molar-refractivity contribution in [3.05, 3.63) is 77.5 Å². The van der Waals surface area contributed by atoms with E-state index in [4.69, 9.17) is 4.74 Å². The summed E-state index contributed by atoms with van der Waals surface area (Å²) in [5.41, 5.74) is 5.55. The number of hydrogen-bond acceptors (Lipinski definition) is 4. The molecule has 1 heterocycles. The fourth-order valence-corrected chi connectivity index (χ4v) is 2.91. The number of carbonyl (C=O) groups is 1. The van der Waals surface area contributed by atoms with Crippen LogP contribution in [0.15, 0.2) is 60.8 Å². The van der Waals surface area contributed by atoms with Gasteiger partial charge in [0.15, 0.2) is 6.61 Å². The highest BCUT2D eigenvalue weighted by molar-refractivity contribution is 5.91. The number of para-hydroxylation sites is 1. The van der Waals surface area contributed by atoms with Crippen molar-refractivity contribution in [3.8, 4) is 5.75 Å². The summed E-state index contributed by atoms with van der Waals surface area (Å²) in [6, 6.07) is 17.2. The Bertz CT molecular complexity index is 899. The summed E-state index contributed by atoms with van der Waals surface area (Å²) in [5, 5.41) is 6.13. The van der Waals surface area contributed by atoms with E-state index in [-0.39, 0.29) is 12.5 Å². The molecule has 2 aromatic carbocycles. The van der Waals surface area contributed by atoms with Crippen molar-refractivity contribution < 1.29 is 9.53 Å². The molecule has 5 heteroatoms. The molecule has 3 rings (SSSR count). The Balaban J connectivity index is 1.58. The third-order valence-corrected chi connectivity index (χ3v) is 4.09. The van der Waals surface area contributed by atoms with Gasteiger partial charge >= 0.3 is 0 Å². The highest BCUT2D eigenvalue weighted by atomic mass is 16.5. The molecule has 1 amide bonds. The van der Waals surface area contributed by atoms with Crippen molar-refractivity contribution >= 4 is 23.1 Å². The van der Waals surface area contributed by atoms with Crippen molar-refractivity contribution in [2.45, 2.75) is 20.8 Å². The van der Waals surface area contributed by atoms with Crippen LogP contribution >= 0.6 is 0 Å². The Morgan fingerprint density at radius 2 is 1.70 bits per heavy atom. The number of amides is 1. The number of rotatable bonds is 6. The summed E-state index contributed by atoms with van der Waals surface area (Å²) in [7, 11) is 0. The molecular formula is C22H23N3O2. The lowest BCUT2D eigenvalue weighted by molar-refractivity contribution is -0.118. The molecule has 1 aromatic heterocycles. The molecule has 0 aliphatic carbocycles. The molecule has 138 valence electrons. The van der Waals surface area contributed by atoms with Gasteiger partial charge in [0.2, 0.25) is 0 Å². The lowest BCUT2D eigenvalue weighted by atomic mass is 10.0. The predicted octanol–water partition coefficient (Wildman–Crippen LogP) is 4.77. The van der Waals surface area contributed by atoms with Crippen LogP contribution in [0.25, 0.3) is 0 Å². The Kier molecular flexibility index (Phi) is 5.71. The normalized spacial score (nSPS) is 10.3. The van der Waals surface area contributed by atoms with E-state index >= 15 is 0 Å². The summed E-state index contributed by atoms with van der Waals surface area (Å²) < 4.78 is 5.43. The van der Waals surface area contributed by atoms with Crippen molar-refractivity contribution in [2.24, 2.45) is 0 Å². The number of nitrogens with zero attached hydrogens (tertiary/aromatic N) is 1. The minimum Gasteiger partial charge on any atom is -0.484 e. The van der Waals surface area contributed by atoms with Crippen molar-refractivity contribution in [1.82, 2.24) is 4.98 Å². The molecule has 2 N–H and O–H groups in total. The van der Waals surface area contributed by atoms with Gasteiger partial charge in [-0.2, -0.15) is 0 Å². The Morgan fingerprint density at radius 3 is 2.33 bits per heavy atom. The van der Waals surface area contributed by atoms with Gasteiger partial charge in [-0.25, -0.2) is 4.98 Å². The molecular weight excluding hydrogens is 338 g/mol. The van der Waals surface area contributed by atoms with Crippen LogP contribution in [0.4, 0.5) is 17.2 Å². The second kappa shape index (κ2) is 8.36. The topological polar surface area (TPSA) is 63.2 Å². The van der Waals surface area contributed by atoms with Crippen LogP contribution in [0.5, 0.6) is 5.75 Å². The molecule has 0 saturated heterocycles. The van der Waals surface area contributed by atoms with Crippen molar-refractivity contribution in [3.63, 3.8) is 0 Å². The minimum atomic E-state index is -0.253. The van der Waals surface area contributed by atoms with E-state index in [1.807, 2.05) is 24.3 Å². The van der Waals surface area contributed by atoms with E-state index in [0.29, 0.717) is 11.6 Å². The molecule has 0 spiro atoms. The van der Waals surface area contributed by atoms with Gasteiger partial charge in [-0.1, -0.05) is 35.9 Å². The number of nitrogens with one attached hydrogen (secondary N) is 2. The zero-order valence-electron chi connectivity index (χ0n) is 15.7. The zero-order chi connectivity index (χ0) is 19.2. The van der Waals surface area contributed by atoms with Gasteiger partial charge in [-0.05, 0) is 56.2 Å². The smallest absolute Gasteiger partial charge is 0.263 e. The van der Waals surface area contributed by atoms with Crippen LogP contribution in [0.3, 0.4) is 0 Å². The van der Waals surface area contributed by atoms with Gasteiger partial charge in [0.25, 0.3) is 5.91 Å². The third-order valence-electron chi connectivity index (χ3n) is 4.09. The van der Waals surface area contributed by atoms with Gasteiger partial charge in [0, 0.05) is 5.69 Å². The Labute approximate surface area is 159 Å². The maximum absolute atomic E-state index is 12.0. The number of benzene rings is 2. The molecule has 0 bridgehead atoms. The Hall–Kier alpha value is -3.34. The molecule has 27 heavy (non-hydrogen) atoms. The van der Waals surface area contributed by atoms with Gasteiger partial charge in [-0.15, -0.1) is 0 Å². The highest BCUT2D eigenvalue weighted by Gasteiger charge is 2.07. The Morgan fingerprint density at radius 1 is 1.00 bits per heavy atom. The van der Waals surface area contributed by atoms with Crippen LogP contribution in [0.1, 0.15) is 16.7 Å². The number of aryl methyl sites for hydroxylation is 3. The summed E-state index contributed by atoms with van der Waals surface area (Å²) in [6.45, 7) is 6.19. The first-order chi connectivity index (χ1) is 13.0. The summed E-state index contributed by atoms with van der Waals surface area (Å²) in [5.74, 6) is 0.890. The average Bonchev–Trinajstić information content (AvgIpc) is 2.65. The minimum absolute atomic E-state index is 0.0621. The number of ether oxygens (including phenoxy) is 1. The second-order valence-electron chi connectivity index (χ2n) is 6.48. The fraction of sp³-hybridized carbons (Fsp3) is 0.182. The van der Waals surface area contributed by atoms with Crippen LogP contribution in [0.2, 0.25) is 0 Å². The van der Waals surface area contributed by atoms with Gasteiger partial charge in [0.1, 0.15) is 11.6 Å². The summed E-state index contributed by atoms with van der Waals surface area (Å²) in [6.07, 6.45) is 1.70. The molecule has 0 unspecified atom stereocenters. The molecule has 5 nitrogen and oxygen atoms in total. The molecule has 0 aliphatic heterocycles. The first-order valence-corrected chi connectivity index (χ1v) is 8.80. The standard InChI is InChI=1S/C22H23N3O2/c1-15-11-16(2)22(17(3)12-15)24-18-9-10-20(23-13-18)25-21(26)14-27-19-7-5-4-6-8-19/h4-13,24H,14H2,1-3H3,(H,23,25,26). The predicted molar refractivity (Wildman–Crippen MR) is 109 cm³/mol. The quantitative estimate of drug-likeness (QED) is 0.664. The van der Waals surface area contributed by atoms with Crippen LogP contribution in [-0.2, 0) is 4.79 Å². The van der Waals surface area contributed by atoms with E-state index in [1.54, 1.807) is 24.4 Å². The molecule has 0 fully saturated rings. The summed E-state index contributed by atoms with van der Waals surface area (Å²) >= 11 is 0. The van der Waals surface area contributed by atoms with Crippen molar-refractivity contribution in [1.29, 1.82) is 0 Å². The lowest BCUT2D eigenvalue weighted by Crippen LogP contribution is -2.20. The molecule has 0 aliphatic rings. The van der Waals surface area contributed by atoms with Gasteiger partial charge < -0.3 is 15.4 Å². The lowest BCUT2D eigenvalue weighted by Gasteiger charge is -2.14. The molecule has 0 saturated carbocycles. The molecule has 3 aromatic rings. The first kappa shape index (κ1) is 18.5. The average molecular weight is 361 g/mol. The van der Waals surface area contributed by atoms with Crippen LogP contribution < -0.4 is 15.4 Å². The van der Waals surface area contributed by atoms with Gasteiger partial charge in [-0.3, -0.25) is 4.79 Å². The second-order valence-corrected chi connectivity index (χ2v) is 6.48. The number of anilines is 3. The van der Waals surface area contributed by atoms with E-state index in [2.05, 4.69) is 48.5 Å². The molecule has 0 radical (unpaired) electrons.